The van der Waals surface area contributed by atoms with E-state index in [2.05, 4.69) is 5.10 Å². The molecule has 0 spiro atoms. The van der Waals surface area contributed by atoms with Crippen molar-refractivity contribution in [2.24, 2.45) is 7.05 Å². The van der Waals surface area contributed by atoms with Gasteiger partial charge in [0.25, 0.3) is 0 Å². The van der Waals surface area contributed by atoms with Gasteiger partial charge in [-0.1, -0.05) is 30.7 Å². The lowest BCUT2D eigenvalue weighted by Crippen LogP contribution is -2.09. The number of benzene rings is 1. The Morgan fingerprint density at radius 2 is 1.95 bits per heavy atom. The van der Waals surface area contributed by atoms with Crippen molar-refractivity contribution < 1.29 is 4.39 Å². The second-order valence-corrected chi connectivity index (χ2v) is 5.48. The van der Waals surface area contributed by atoms with E-state index in [0.29, 0.717) is 17.3 Å². The van der Waals surface area contributed by atoms with Gasteiger partial charge in [-0.05, 0) is 30.5 Å². The smallest absolute Gasteiger partial charge is 0.123 e. The van der Waals surface area contributed by atoms with E-state index in [1.807, 2.05) is 18.7 Å². The van der Waals surface area contributed by atoms with Gasteiger partial charge in [0.05, 0.1) is 16.4 Å². The maximum atomic E-state index is 13.0. The van der Waals surface area contributed by atoms with E-state index in [1.165, 1.54) is 12.1 Å². The fourth-order valence-corrected chi connectivity index (χ4v) is 2.93. The van der Waals surface area contributed by atoms with E-state index in [0.717, 1.165) is 23.4 Å². The number of hydrogen-bond acceptors (Lipinski definition) is 1. The summed E-state index contributed by atoms with van der Waals surface area (Å²) in [4.78, 5) is 0. The van der Waals surface area contributed by atoms with Gasteiger partial charge in [0.2, 0.25) is 0 Å². The fraction of sp³-hybridized carbons (Fsp3) is 0.400. The van der Waals surface area contributed by atoms with Gasteiger partial charge in [-0.25, -0.2) is 4.39 Å². The highest BCUT2D eigenvalue weighted by atomic mass is 35.5. The van der Waals surface area contributed by atoms with Gasteiger partial charge in [0, 0.05) is 18.8 Å². The molecule has 0 fully saturated rings. The lowest BCUT2D eigenvalue weighted by Gasteiger charge is -2.15. The molecule has 2 aromatic rings. The van der Waals surface area contributed by atoms with Gasteiger partial charge >= 0.3 is 0 Å². The third kappa shape index (κ3) is 3.15. The first kappa shape index (κ1) is 15.3. The van der Waals surface area contributed by atoms with Crippen LogP contribution in [-0.2, 0) is 19.9 Å². The van der Waals surface area contributed by atoms with Crippen LogP contribution in [0.1, 0.15) is 29.8 Å². The Bertz CT molecular complexity index is 578. The second kappa shape index (κ2) is 6.59. The van der Waals surface area contributed by atoms with Gasteiger partial charge < -0.3 is 0 Å². The van der Waals surface area contributed by atoms with E-state index < -0.39 is 0 Å². The van der Waals surface area contributed by atoms with Crippen molar-refractivity contribution in [1.29, 1.82) is 0 Å². The largest absolute Gasteiger partial charge is 0.271 e. The Kier molecular flexibility index (Phi) is 5.06. The third-order valence-corrected chi connectivity index (χ3v) is 4.28. The van der Waals surface area contributed by atoms with Crippen LogP contribution in [0.3, 0.4) is 0 Å². The normalized spacial score (nSPS) is 12.7. The fourth-order valence-electron chi connectivity index (χ4n) is 2.27. The van der Waals surface area contributed by atoms with Crippen LogP contribution in [-0.4, -0.2) is 15.7 Å². The van der Waals surface area contributed by atoms with Gasteiger partial charge in [0.1, 0.15) is 5.82 Å². The molecule has 0 radical (unpaired) electrons. The topological polar surface area (TPSA) is 17.8 Å². The number of aryl methyl sites for hydroxylation is 2. The first-order valence-electron chi connectivity index (χ1n) is 6.58. The minimum atomic E-state index is -0.242. The van der Waals surface area contributed by atoms with Crippen molar-refractivity contribution in [2.45, 2.75) is 25.7 Å². The summed E-state index contributed by atoms with van der Waals surface area (Å²) in [6.45, 7) is 2.02. The monoisotopic (exact) mass is 314 g/mol. The predicted molar refractivity (Wildman–Crippen MR) is 81.2 cm³/mol. The summed E-state index contributed by atoms with van der Waals surface area (Å²) >= 11 is 12.4. The standard InChI is InChI=1S/C15H17Cl2FN2/c1-3-13-15(17)14(20(2)19-13)8-11(9-16)10-4-6-12(18)7-5-10/h4-7,11H,3,8-9H2,1-2H3. The van der Waals surface area contributed by atoms with Crippen LogP contribution >= 0.6 is 23.2 Å². The van der Waals surface area contributed by atoms with Crippen molar-refractivity contribution in [1.82, 2.24) is 9.78 Å². The summed E-state index contributed by atoms with van der Waals surface area (Å²) in [5, 5.41) is 5.12. The number of halogens is 3. The molecule has 5 heteroatoms. The Morgan fingerprint density at radius 3 is 2.45 bits per heavy atom. The lowest BCUT2D eigenvalue weighted by atomic mass is 9.96. The molecule has 1 unspecified atom stereocenters. The number of rotatable bonds is 5. The zero-order valence-electron chi connectivity index (χ0n) is 11.5. The molecular formula is C15H17Cl2FN2. The van der Waals surface area contributed by atoms with Crippen molar-refractivity contribution in [3.05, 3.63) is 52.1 Å². The molecule has 0 amide bonds. The zero-order valence-corrected chi connectivity index (χ0v) is 13.0. The van der Waals surface area contributed by atoms with Gasteiger partial charge in [-0.15, -0.1) is 11.6 Å². The second-order valence-electron chi connectivity index (χ2n) is 4.79. The molecule has 0 saturated carbocycles. The molecule has 2 nitrogen and oxygen atoms in total. The molecule has 0 bridgehead atoms. The molecule has 0 aliphatic heterocycles. The van der Waals surface area contributed by atoms with Crippen molar-refractivity contribution in [2.75, 3.05) is 5.88 Å². The number of aromatic nitrogens is 2. The van der Waals surface area contributed by atoms with Crippen LogP contribution in [0.5, 0.6) is 0 Å². The summed E-state index contributed by atoms with van der Waals surface area (Å²) in [6.07, 6.45) is 1.49. The van der Waals surface area contributed by atoms with E-state index >= 15 is 0 Å². The van der Waals surface area contributed by atoms with Crippen molar-refractivity contribution >= 4 is 23.2 Å². The van der Waals surface area contributed by atoms with Crippen LogP contribution < -0.4 is 0 Å². The Morgan fingerprint density at radius 1 is 1.30 bits per heavy atom. The van der Waals surface area contributed by atoms with Crippen LogP contribution in [0.4, 0.5) is 4.39 Å². The molecule has 0 aliphatic rings. The van der Waals surface area contributed by atoms with E-state index in [-0.39, 0.29) is 11.7 Å². The van der Waals surface area contributed by atoms with Gasteiger partial charge in [-0.2, -0.15) is 5.10 Å². The molecule has 1 atom stereocenters. The molecule has 2 rings (SSSR count). The molecule has 1 heterocycles. The molecule has 0 N–H and O–H groups in total. The summed E-state index contributed by atoms with van der Waals surface area (Å²) < 4.78 is 14.8. The first-order valence-corrected chi connectivity index (χ1v) is 7.49. The summed E-state index contributed by atoms with van der Waals surface area (Å²) in [7, 11) is 1.89. The van der Waals surface area contributed by atoms with Crippen molar-refractivity contribution in [3.63, 3.8) is 0 Å². The SMILES string of the molecule is CCc1nn(C)c(CC(CCl)c2ccc(F)cc2)c1Cl. The van der Waals surface area contributed by atoms with E-state index in [4.69, 9.17) is 23.2 Å². The zero-order chi connectivity index (χ0) is 14.7. The first-order chi connectivity index (χ1) is 9.56. The molecule has 1 aromatic carbocycles. The summed E-state index contributed by atoms with van der Waals surface area (Å²) in [5.74, 6) is 0.304. The van der Waals surface area contributed by atoms with E-state index in [1.54, 1.807) is 12.1 Å². The highest BCUT2D eigenvalue weighted by Crippen LogP contribution is 2.28. The Labute approximate surface area is 128 Å². The van der Waals surface area contributed by atoms with Crippen LogP contribution in [0.25, 0.3) is 0 Å². The molecular weight excluding hydrogens is 298 g/mol. The van der Waals surface area contributed by atoms with E-state index in [9.17, 15) is 4.39 Å². The quantitative estimate of drug-likeness (QED) is 0.751. The minimum absolute atomic E-state index is 0.0925. The minimum Gasteiger partial charge on any atom is -0.271 e. The Balaban J connectivity index is 2.26. The van der Waals surface area contributed by atoms with Crippen LogP contribution in [0.15, 0.2) is 24.3 Å². The number of alkyl halides is 1. The van der Waals surface area contributed by atoms with Crippen LogP contribution in [0, 0.1) is 5.82 Å². The van der Waals surface area contributed by atoms with Gasteiger partial charge in [-0.3, -0.25) is 4.68 Å². The molecule has 0 saturated heterocycles. The highest BCUT2D eigenvalue weighted by Gasteiger charge is 2.19. The average Bonchev–Trinajstić information content (AvgIpc) is 2.72. The molecule has 20 heavy (non-hydrogen) atoms. The Hall–Kier alpha value is -1.06. The van der Waals surface area contributed by atoms with Gasteiger partial charge in [0.15, 0.2) is 0 Å². The molecule has 0 aliphatic carbocycles. The number of nitrogens with zero attached hydrogens (tertiary/aromatic N) is 2. The lowest BCUT2D eigenvalue weighted by molar-refractivity contribution is 0.623. The third-order valence-electron chi connectivity index (χ3n) is 3.47. The van der Waals surface area contributed by atoms with Crippen molar-refractivity contribution in [3.8, 4) is 0 Å². The summed E-state index contributed by atoms with van der Waals surface area (Å²) in [6, 6.07) is 6.45. The highest BCUT2D eigenvalue weighted by molar-refractivity contribution is 6.31. The number of hydrogen-bond donors (Lipinski definition) is 0. The van der Waals surface area contributed by atoms with Crippen LogP contribution in [0.2, 0.25) is 5.02 Å². The maximum absolute atomic E-state index is 13.0. The molecule has 108 valence electrons. The molecule has 1 aromatic heterocycles. The average molecular weight is 315 g/mol. The summed E-state index contributed by atoms with van der Waals surface area (Å²) in [5.41, 5.74) is 2.88. The maximum Gasteiger partial charge on any atom is 0.123 e. The predicted octanol–water partition coefficient (Wildman–Crippen LogP) is 4.34.